The van der Waals surface area contributed by atoms with Crippen LogP contribution < -0.4 is 5.32 Å². The molecular formula is C21H23F6N3O3S. The first-order valence-electron chi connectivity index (χ1n) is 10.3. The summed E-state index contributed by atoms with van der Waals surface area (Å²) >= 11 is 1.08. The summed E-state index contributed by atoms with van der Waals surface area (Å²) in [5.74, 6) is -0.643. The number of amides is 2. The van der Waals surface area contributed by atoms with Gasteiger partial charge in [-0.25, -0.2) is 14.6 Å². The first kappa shape index (κ1) is 27.4. The van der Waals surface area contributed by atoms with E-state index in [0.717, 1.165) is 24.2 Å². The third-order valence-corrected chi connectivity index (χ3v) is 5.35. The molecule has 0 aliphatic heterocycles. The van der Waals surface area contributed by atoms with Gasteiger partial charge >= 0.3 is 24.4 Å². The van der Waals surface area contributed by atoms with Crippen molar-refractivity contribution in [1.82, 2.24) is 9.88 Å². The predicted octanol–water partition coefficient (Wildman–Crippen LogP) is 6.58. The summed E-state index contributed by atoms with van der Waals surface area (Å²) in [4.78, 5) is 29.9. The molecule has 0 saturated heterocycles. The van der Waals surface area contributed by atoms with Gasteiger partial charge in [-0.1, -0.05) is 19.8 Å². The van der Waals surface area contributed by atoms with E-state index < -0.39 is 41.2 Å². The van der Waals surface area contributed by atoms with E-state index in [2.05, 4.69) is 10.3 Å². The molecule has 0 spiro atoms. The second-order valence-electron chi connectivity index (χ2n) is 7.20. The minimum atomic E-state index is -5.04. The molecule has 0 aliphatic carbocycles. The monoisotopic (exact) mass is 511 g/mol. The molecule has 2 rings (SSSR count). The number of benzene rings is 1. The Labute approximate surface area is 195 Å². The molecule has 0 fully saturated rings. The van der Waals surface area contributed by atoms with Gasteiger partial charge in [-0.15, -0.1) is 11.3 Å². The molecule has 0 aliphatic rings. The van der Waals surface area contributed by atoms with Gasteiger partial charge < -0.3 is 15.0 Å². The number of unbranched alkanes of at least 4 members (excludes halogenated alkanes) is 2. The van der Waals surface area contributed by atoms with Crippen LogP contribution in [0.15, 0.2) is 23.6 Å². The van der Waals surface area contributed by atoms with Gasteiger partial charge in [0.15, 0.2) is 5.69 Å². The highest BCUT2D eigenvalue weighted by molar-refractivity contribution is 7.09. The topological polar surface area (TPSA) is 71.5 Å². The van der Waals surface area contributed by atoms with Gasteiger partial charge in [0.05, 0.1) is 24.3 Å². The van der Waals surface area contributed by atoms with Crippen molar-refractivity contribution in [2.45, 2.75) is 52.0 Å². The van der Waals surface area contributed by atoms with Crippen molar-refractivity contribution in [3.05, 3.63) is 45.4 Å². The molecule has 2 amide bonds. The van der Waals surface area contributed by atoms with E-state index in [-0.39, 0.29) is 31.5 Å². The maximum atomic E-state index is 13.1. The lowest BCUT2D eigenvalue weighted by molar-refractivity contribution is -0.143. The standard InChI is InChI=1S/C21H23F6N3O3S/c1-3-5-6-7-30(11-17-29-16(12-34-17)18(31)33-4-2)19(32)28-15-9-13(20(22,23)24)8-14(10-15)21(25,26)27/h8-10,12H,3-7,11H2,1-2H3,(H,28,32). The van der Waals surface area contributed by atoms with Crippen LogP contribution in [0.1, 0.15) is 59.7 Å². The van der Waals surface area contributed by atoms with Crippen LogP contribution in [-0.2, 0) is 23.6 Å². The highest BCUT2D eigenvalue weighted by Gasteiger charge is 2.37. The second-order valence-corrected chi connectivity index (χ2v) is 8.14. The Balaban J connectivity index is 2.27. The first-order chi connectivity index (χ1) is 15.8. The number of anilines is 1. The molecule has 2 aromatic rings. The van der Waals surface area contributed by atoms with Crippen molar-refractivity contribution in [3.63, 3.8) is 0 Å². The van der Waals surface area contributed by atoms with Crippen molar-refractivity contribution in [2.24, 2.45) is 0 Å². The number of halogens is 6. The Morgan fingerprint density at radius 2 is 1.65 bits per heavy atom. The third-order valence-electron chi connectivity index (χ3n) is 4.52. The van der Waals surface area contributed by atoms with Crippen molar-refractivity contribution >= 4 is 29.0 Å². The van der Waals surface area contributed by atoms with Gasteiger partial charge in [0.1, 0.15) is 5.01 Å². The summed E-state index contributed by atoms with van der Waals surface area (Å²) in [7, 11) is 0. The molecule has 0 saturated carbocycles. The summed E-state index contributed by atoms with van der Waals surface area (Å²) in [6.07, 6.45) is -7.95. The number of hydrogen-bond acceptors (Lipinski definition) is 5. The second kappa shape index (κ2) is 11.5. The van der Waals surface area contributed by atoms with Gasteiger partial charge in [-0.3, -0.25) is 0 Å². The molecule has 1 heterocycles. The first-order valence-corrected chi connectivity index (χ1v) is 11.2. The number of thiazole rings is 1. The lowest BCUT2D eigenvalue weighted by Gasteiger charge is -2.23. The summed E-state index contributed by atoms with van der Waals surface area (Å²) in [5.41, 5.74) is -3.66. The number of rotatable bonds is 9. The summed E-state index contributed by atoms with van der Waals surface area (Å²) in [6.45, 7) is 3.79. The van der Waals surface area contributed by atoms with Gasteiger partial charge in [0, 0.05) is 17.6 Å². The zero-order valence-corrected chi connectivity index (χ0v) is 19.2. The minimum Gasteiger partial charge on any atom is -0.461 e. The molecule has 1 aromatic heterocycles. The Morgan fingerprint density at radius 3 is 2.18 bits per heavy atom. The summed E-state index contributed by atoms with van der Waals surface area (Å²) in [6, 6.07) is -0.0168. The van der Waals surface area contributed by atoms with Gasteiger partial charge in [0.25, 0.3) is 0 Å². The van der Waals surface area contributed by atoms with Gasteiger partial charge in [-0.2, -0.15) is 26.3 Å². The van der Waals surface area contributed by atoms with Crippen molar-refractivity contribution < 1.29 is 40.7 Å². The maximum absolute atomic E-state index is 13.1. The summed E-state index contributed by atoms with van der Waals surface area (Å²) in [5, 5.41) is 3.93. The number of nitrogens with one attached hydrogen (secondary N) is 1. The van der Waals surface area contributed by atoms with E-state index in [1.165, 1.54) is 10.3 Å². The molecule has 188 valence electrons. The van der Waals surface area contributed by atoms with Crippen molar-refractivity contribution in [3.8, 4) is 0 Å². The third kappa shape index (κ3) is 7.89. The van der Waals surface area contributed by atoms with Crippen LogP contribution in [-0.4, -0.2) is 35.0 Å². The van der Waals surface area contributed by atoms with E-state index in [9.17, 15) is 35.9 Å². The average molecular weight is 511 g/mol. The SMILES string of the molecule is CCCCCN(Cc1nc(C(=O)OCC)cs1)C(=O)Nc1cc(C(F)(F)F)cc(C(F)(F)F)c1. The fraction of sp³-hybridized carbons (Fsp3) is 0.476. The molecule has 1 N–H and O–H groups in total. The van der Waals surface area contributed by atoms with Gasteiger partial charge in [-0.05, 0) is 31.5 Å². The van der Waals surface area contributed by atoms with Crippen LogP contribution in [0.3, 0.4) is 0 Å². The van der Waals surface area contributed by atoms with Crippen LogP contribution >= 0.6 is 11.3 Å². The Morgan fingerprint density at radius 1 is 1.03 bits per heavy atom. The number of carbonyl (C=O) groups excluding carboxylic acids is 2. The number of aromatic nitrogens is 1. The number of esters is 1. The molecule has 0 atom stereocenters. The van der Waals surface area contributed by atoms with Crippen LogP contribution in [0, 0.1) is 0 Å². The predicted molar refractivity (Wildman–Crippen MR) is 113 cm³/mol. The quantitative estimate of drug-likeness (QED) is 0.235. The number of ether oxygens (including phenoxy) is 1. The lowest BCUT2D eigenvalue weighted by atomic mass is 10.1. The minimum absolute atomic E-state index is 0.0127. The number of carbonyl (C=O) groups is 2. The molecule has 34 heavy (non-hydrogen) atoms. The van der Waals surface area contributed by atoms with E-state index >= 15 is 0 Å². The number of nitrogens with zero attached hydrogens (tertiary/aromatic N) is 2. The zero-order valence-electron chi connectivity index (χ0n) is 18.3. The van der Waals surface area contributed by atoms with Crippen LogP contribution in [0.5, 0.6) is 0 Å². The van der Waals surface area contributed by atoms with Crippen molar-refractivity contribution in [2.75, 3.05) is 18.5 Å². The zero-order chi connectivity index (χ0) is 25.5. The number of hydrogen-bond donors (Lipinski definition) is 1. The fourth-order valence-electron chi connectivity index (χ4n) is 2.88. The van der Waals surface area contributed by atoms with Crippen LogP contribution in [0.25, 0.3) is 0 Å². The normalized spacial score (nSPS) is 11.9. The lowest BCUT2D eigenvalue weighted by Crippen LogP contribution is -2.35. The number of alkyl halides is 6. The van der Waals surface area contributed by atoms with E-state index in [0.29, 0.717) is 23.6 Å². The summed E-state index contributed by atoms with van der Waals surface area (Å²) < 4.78 is 83.5. The molecule has 13 heteroatoms. The molecule has 6 nitrogen and oxygen atoms in total. The molecule has 0 bridgehead atoms. The Hall–Kier alpha value is -2.83. The Kier molecular flexibility index (Phi) is 9.30. The van der Waals surface area contributed by atoms with E-state index in [1.54, 1.807) is 6.92 Å². The molecular weight excluding hydrogens is 488 g/mol. The maximum Gasteiger partial charge on any atom is 0.416 e. The van der Waals surface area contributed by atoms with Gasteiger partial charge in [0.2, 0.25) is 0 Å². The highest BCUT2D eigenvalue weighted by atomic mass is 32.1. The largest absolute Gasteiger partial charge is 0.461 e. The molecule has 0 unspecified atom stereocenters. The average Bonchev–Trinajstić information content (AvgIpc) is 3.20. The van der Waals surface area contributed by atoms with Crippen LogP contribution in [0.4, 0.5) is 36.8 Å². The number of urea groups is 1. The molecule has 1 aromatic carbocycles. The van der Waals surface area contributed by atoms with E-state index in [4.69, 9.17) is 4.74 Å². The smallest absolute Gasteiger partial charge is 0.416 e. The van der Waals surface area contributed by atoms with Crippen molar-refractivity contribution in [1.29, 1.82) is 0 Å². The molecule has 0 radical (unpaired) electrons. The highest BCUT2D eigenvalue weighted by Crippen LogP contribution is 2.37. The van der Waals surface area contributed by atoms with E-state index in [1.807, 2.05) is 6.92 Å². The van der Waals surface area contributed by atoms with Crippen LogP contribution in [0.2, 0.25) is 0 Å². The Bertz CT molecular complexity index is 959. The fourth-order valence-corrected chi connectivity index (χ4v) is 3.66.